The number of rotatable bonds is 10. The Morgan fingerprint density at radius 3 is 2.43 bits per heavy atom. The van der Waals surface area contributed by atoms with E-state index in [1.54, 1.807) is 26.0 Å². The molecule has 3 fully saturated rings. The number of carboxylic acid groups (broad SMARTS) is 1. The van der Waals surface area contributed by atoms with Gasteiger partial charge in [0.15, 0.2) is 6.61 Å². The molecule has 0 radical (unpaired) electrons. The zero-order valence-corrected chi connectivity index (χ0v) is 27.6. The van der Waals surface area contributed by atoms with Crippen LogP contribution in [0.3, 0.4) is 0 Å². The van der Waals surface area contributed by atoms with Crippen molar-refractivity contribution in [1.29, 1.82) is 0 Å². The van der Waals surface area contributed by atoms with Crippen LogP contribution in [0.4, 0.5) is 0 Å². The molecule has 0 aromatic heterocycles. The molecule has 0 heterocycles. The number of oxime groups is 1. The van der Waals surface area contributed by atoms with E-state index in [1.165, 1.54) is 5.57 Å². The van der Waals surface area contributed by atoms with Crippen LogP contribution in [0, 0.1) is 46.8 Å². The fourth-order valence-corrected chi connectivity index (χ4v) is 9.13. The number of amides is 2. The van der Waals surface area contributed by atoms with Gasteiger partial charge in [-0.2, -0.15) is 0 Å². The van der Waals surface area contributed by atoms with Crippen LogP contribution in [-0.4, -0.2) is 58.0 Å². The molecule has 4 aliphatic rings. The van der Waals surface area contributed by atoms with Gasteiger partial charge in [-0.05, 0) is 92.1 Å². The van der Waals surface area contributed by atoms with Gasteiger partial charge in [0.2, 0.25) is 5.91 Å². The van der Waals surface area contributed by atoms with E-state index in [4.69, 9.17) is 11.3 Å². The van der Waals surface area contributed by atoms with Crippen LogP contribution >= 0.6 is 0 Å². The lowest BCUT2D eigenvalue weighted by Gasteiger charge is -2.58. The maximum atomic E-state index is 13.1. The van der Waals surface area contributed by atoms with E-state index < -0.39 is 35.5 Å². The number of hydrogen-bond donors (Lipinski definition) is 4. The quantitative estimate of drug-likeness (QED) is 0.219. The number of fused-ring (bicyclic) bond motifs is 5. The average molecular weight is 632 g/mol. The summed E-state index contributed by atoms with van der Waals surface area (Å²) in [5.74, 6) is 1.81. The number of carboxylic acids is 1. The fourth-order valence-electron chi connectivity index (χ4n) is 9.13. The van der Waals surface area contributed by atoms with E-state index in [0.29, 0.717) is 24.2 Å². The van der Waals surface area contributed by atoms with E-state index in [1.807, 2.05) is 18.2 Å². The van der Waals surface area contributed by atoms with Gasteiger partial charge in [-0.25, -0.2) is 4.79 Å². The Morgan fingerprint density at radius 1 is 1.04 bits per heavy atom. The number of allylic oxidation sites excluding steroid dienone is 2. The minimum Gasteiger partial charge on any atom is -0.480 e. The predicted molar refractivity (Wildman–Crippen MR) is 175 cm³/mol. The minimum atomic E-state index is -1.15. The number of aliphatic carboxylic acids is 1. The molecule has 4 N–H and O–H groups in total. The maximum absolute atomic E-state index is 13.1. The van der Waals surface area contributed by atoms with Gasteiger partial charge in [0.05, 0.1) is 5.71 Å². The molecular weight excluding hydrogens is 582 g/mol. The molecular formula is C37H49N3O6. The van der Waals surface area contributed by atoms with Crippen LogP contribution < -0.4 is 10.6 Å². The lowest BCUT2D eigenvalue weighted by Crippen LogP contribution is -2.54. The Morgan fingerprint density at radius 2 is 1.76 bits per heavy atom. The summed E-state index contributed by atoms with van der Waals surface area (Å²) in [7, 11) is 0. The largest absolute Gasteiger partial charge is 0.480 e. The topological polar surface area (TPSA) is 137 Å². The smallest absolute Gasteiger partial charge is 0.326 e. The third-order valence-electron chi connectivity index (χ3n) is 11.9. The molecule has 4 aliphatic carbocycles. The van der Waals surface area contributed by atoms with Crippen molar-refractivity contribution in [1.82, 2.24) is 10.6 Å². The van der Waals surface area contributed by atoms with E-state index in [2.05, 4.69) is 41.6 Å². The van der Waals surface area contributed by atoms with Crippen LogP contribution in [0.1, 0.15) is 84.6 Å². The summed E-state index contributed by atoms with van der Waals surface area (Å²) < 4.78 is 0. The highest BCUT2D eigenvalue weighted by atomic mass is 16.6. The Labute approximate surface area is 272 Å². The molecule has 248 valence electrons. The van der Waals surface area contributed by atoms with Crippen molar-refractivity contribution in [3.8, 4) is 12.3 Å². The Hall–Kier alpha value is -3.64. The molecule has 0 aliphatic heterocycles. The van der Waals surface area contributed by atoms with E-state index in [-0.39, 0.29) is 29.8 Å². The molecule has 8 atom stereocenters. The van der Waals surface area contributed by atoms with Crippen LogP contribution in [0.2, 0.25) is 0 Å². The highest BCUT2D eigenvalue weighted by Crippen LogP contribution is 2.67. The number of benzene rings is 1. The number of nitrogens with zero attached hydrogens (tertiary/aromatic N) is 1. The molecule has 1 aromatic carbocycles. The van der Waals surface area contributed by atoms with E-state index >= 15 is 0 Å². The van der Waals surface area contributed by atoms with Crippen molar-refractivity contribution in [2.45, 2.75) is 103 Å². The highest BCUT2D eigenvalue weighted by Gasteiger charge is 2.63. The van der Waals surface area contributed by atoms with Gasteiger partial charge in [0.25, 0.3) is 5.91 Å². The summed E-state index contributed by atoms with van der Waals surface area (Å²) in [6.45, 7) is 7.82. The van der Waals surface area contributed by atoms with Crippen LogP contribution in [0.25, 0.3) is 0 Å². The zero-order valence-electron chi connectivity index (χ0n) is 27.6. The third-order valence-corrected chi connectivity index (χ3v) is 11.9. The summed E-state index contributed by atoms with van der Waals surface area (Å²) in [4.78, 5) is 43.2. The molecule has 9 nitrogen and oxygen atoms in total. The number of carbonyl (C=O) groups is 3. The van der Waals surface area contributed by atoms with Crippen molar-refractivity contribution in [2.24, 2.45) is 39.7 Å². The first-order valence-corrected chi connectivity index (χ1v) is 16.8. The molecule has 46 heavy (non-hydrogen) atoms. The molecule has 0 unspecified atom stereocenters. The van der Waals surface area contributed by atoms with Crippen molar-refractivity contribution >= 4 is 23.5 Å². The second-order valence-electron chi connectivity index (χ2n) is 14.7. The lowest BCUT2D eigenvalue weighted by molar-refractivity contribution is -0.142. The second-order valence-corrected chi connectivity index (χ2v) is 14.7. The number of carbonyl (C=O) groups excluding carboxylic acids is 2. The SMILES string of the molecule is C#C[C@@]1(O)CC[C@H]2[C@@H]3CCC4=C/C(=N\OCC(=O)N[C@@H](C(=O)N[C@H](Cc5ccccc5)C(=O)O)C(C)C)CC[C@]4(C)[C@H]3CC[C@@]21C. The number of nitrogens with one attached hydrogen (secondary N) is 2. The number of hydrogen-bond acceptors (Lipinski definition) is 6. The molecule has 5 rings (SSSR count). The first-order chi connectivity index (χ1) is 21.8. The summed E-state index contributed by atoms with van der Waals surface area (Å²) in [5, 5.41) is 30.5. The normalized spacial score (nSPS) is 33.8. The lowest BCUT2D eigenvalue weighted by atomic mass is 9.46. The second kappa shape index (κ2) is 13.2. The third kappa shape index (κ3) is 6.33. The zero-order chi connectivity index (χ0) is 33.3. The van der Waals surface area contributed by atoms with Gasteiger partial charge in [-0.1, -0.05) is 74.7 Å². The number of aliphatic hydroxyl groups is 1. The van der Waals surface area contributed by atoms with Crippen molar-refractivity contribution < 1.29 is 29.4 Å². The van der Waals surface area contributed by atoms with E-state index in [0.717, 1.165) is 56.2 Å². The Kier molecular flexibility index (Phi) is 9.70. The molecule has 0 saturated heterocycles. The van der Waals surface area contributed by atoms with Gasteiger partial charge in [-0.3, -0.25) is 9.59 Å². The van der Waals surface area contributed by atoms with Crippen LogP contribution in [-0.2, 0) is 25.6 Å². The predicted octanol–water partition coefficient (Wildman–Crippen LogP) is 4.64. The van der Waals surface area contributed by atoms with Gasteiger partial charge in [-0.15, -0.1) is 6.42 Å². The first kappa shape index (κ1) is 33.7. The number of terminal acetylenes is 1. The van der Waals surface area contributed by atoms with Crippen LogP contribution in [0.5, 0.6) is 0 Å². The Balaban J connectivity index is 1.16. The molecule has 1 aromatic rings. The van der Waals surface area contributed by atoms with Gasteiger partial charge < -0.3 is 25.7 Å². The standard InChI is InChI=1S/C37H49N3O6/c1-6-37(45)19-16-29-27-13-12-25-21-26(14-17-35(25,4)28(27)15-18-36(29,37)5)40-46-22-31(41)39-32(23(2)3)33(42)38-30(34(43)44)20-24-10-8-7-9-11-24/h1,7-11,21,23,27-30,32,45H,12-20,22H2,2-5H3,(H,38,42)(H,39,41)(H,43,44)/b40-26-/t27-,28+,29+,30-,32-,35+,36+,37-/m1/s1. The Bertz CT molecular complexity index is 1430. The monoisotopic (exact) mass is 631 g/mol. The van der Waals surface area contributed by atoms with Crippen molar-refractivity contribution in [3.05, 3.63) is 47.5 Å². The molecule has 0 bridgehead atoms. The highest BCUT2D eigenvalue weighted by molar-refractivity contribution is 5.96. The van der Waals surface area contributed by atoms with Gasteiger partial charge >= 0.3 is 5.97 Å². The first-order valence-electron chi connectivity index (χ1n) is 16.8. The van der Waals surface area contributed by atoms with E-state index in [9.17, 15) is 24.6 Å². The van der Waals surface area contributed by atoms with Crippen molar-refractivity contribution in [3.63, 3.8) is 0 Å². The fraction of sp³-hybridized carbons (Fsp3) is 0.622. The molecule has 9 heteroatoms. The summed E-state index contributed by atoms with van der Waals surface area (Å²) in [6.07, 6.45) is 15.6. The van der Waals surface area contributed by atoms with Gasteiger partial charge in [0.1, 0.15) is 17.7 Å². The summed E-state index contributed by atoms with van der Waals surface area (Å²) in [6, 6.07) is 7.02. The van der Waals surface area contributed by atoms with Crippen molar-refractivity contribution in [2.75, 3.05) is 6.61 Å². The molecule has 2 amide bonds. The summed E-state index contributed by atoms with van der Waals surface area (Å²) in [5.41, 5.74) is 1.84. The van der Waals surface area contributed by atoms with Gasteiger partial charge in [0, 0.05) is 11.8 Å². The minimum absolute atomic E-state index is 0.0731. The molecule has 3 saturated carbocycles. The average Bonchev–Trinajstić information content (AvgIpc) is 3.30. The van der Waals surface area contributed by atoms with Crippen LogP contribution in [0.15, 0.2) is 47.1 Å². The summed E-state index contributed by atoms with van der Waals surface area (Å²) >= 11 is 0. The molecule has 0 spiro atoms. The maximum Gasteiger partial charge on any atom is 0.326 e.